The van der Waals surface area contributed by atoms with Gasteiger partial charge in [0.1, 0.15) is 0 Å². The van der Waals surface area contributed by atoms with Gasteiger partial charge in [-0.05, 0) is 0 Å². The van der Waals surface area contributed by atoms with E-state index in [1.54, 1.807) is 6.92 Å². The van der Waals surface area contributed by atoms with Gasteiger partial charge < -0.3 is 19.7 Å². The van der Waals surface area contributed by atoms with E-state index in [4.69, 9.17) is 5.11 Å². The number of aliphatic hydroxyl groups is 2. The fraction of sp³-hybridized carbons (Fsp3) is 0.833. The Morgan fingerprint density at radius 1 is 1.73 bits per heavy atom. The van der Waals surface area contributed by atoms with E-state index in [-0.39, 0.29) is 6.42 Å². The zero-order valence-electron chi connectivity index (χ0n) is 6.11. The molecule has 0 amide bonds. The third-order valence-corrected chi connectivity index (χ3v) is 1.67. The molecule has 1 aliphatic rings. The van der Waals surface area contributed by atoms with Crippen LogP contribution >= 0.6 is 0 Å². The van der Waals surface area contributed by atoms with Crippen molar-refractivity contribution in [3.63, 3.8) is 0 Å². The van der Waals surface area contributed by atoms with Crippen molar-refractivity contribution in [3.8, 4) is 0 Å². The lowest BCUT2D eigenvalue weighted by Gasteiger charge is -2.21. The molecule has 5 heteroatoms. The molecule has 0 aromatic heterocycles. The van der Waals surface area contributed by atoms with E-state index in [0.29, 0.717) is 0 Å². The topological polar surface area (TPSA) is 76.0 Å². The molecule has 0 bridgehead atoms. The summed E-state index contributed by atoms with van der Waals surface area (Å²) in [5, 5.41) is 18.0. The first-order valence-corrected chi connectivity index (χ1v) is 3.35. The molecule has 11 heavy (non-hydrogen) atoms. The number of cyclic esters (lactones) is 2. The van der Waals surface area contributed by atoms with Crippen molar-refractivity contribution in [2.45, 2.75) is 25.2 Å². The summed E-state index contributed by atoms with van der Waals surface area (Å²) in [6.45, 7) is 1.20. The Hall–Kier alpha value is -0.810. The highest BCUT2D eigenvalue weighted by Crippen LogP contribution is 2.27. The molecular formula is C6H10O5. The van der Waals surface area contributed by atoms with Gasteiger partial charge in [0.25, 0.3) is 5.79 Å². The molecule has 0 saturated carbocycles. The Morgan fingerprint density at radius 2 is 2.36 bits per heavy atom. The second-order valence-electron chi connectivity index (χ2n) is 2.34. The molecular weight excluding hydrogens is 152 g/mol. The quantitative estimate of drug-likeness (QED) is 0.541. The van der Waals surface area contributed by atoms with Gasteiger partial charge in [0, 0.05) is 6.42 Å². The molecule has 2 N–H and O–H groups in total. The third-order valence-electron chi connectivity index (χ3n) is 1.67. The molecule has 0 aliphatic carbocycles. The van der Waals surface area contributed by atoms with E-state index in [1.807, 2.05) is 0 Å². The van der Waals surface area contributed by atoms with Crippen molar-refractivity contribution in [1.29, 1.82) is 0 Å². The van der Waals surface area contributed by atoms with Gasteiger partial charge >= 0.3 is 6.16 Å². The molecule has 64 valence electrons. The van der Waals surface area contributed by atoms with Gasteiger partial charge in [0.15, 0.2) is 6.10 Å². The summed E-state index contributed by atoms with van der Waals surface area (Å²) in [6, 6.07) is 0. The maximum absolute atomic E-state index is 10.5. The van der Waals surface area contributed by atoms with E-state index in [0.717, 1.165) is 0 Å². The second kappa shape index (κ2) is 2.67. The molecule has 1 saturated heterocycles. The lowest BCUT2D eigenvalue weighted by molar-refractivity contribution is -0.170. The molecule has 0 spiro atoms. The van der Waals surface area contributed by atoms with Crippen LogP contribution in [-0.2, 0) is 9.47 Å². The third kappa shape index (κ3) is 1.29. The number of hydrogen-bond acceptors (Lipinski definition) is 5. The predicted octanol–water partition coefficient (Wildman–Crippen LogP) is -0.387. The van der Waals surface area contributed by atoms with Crippen LogP contribution in [0.3, 0.4) is 0 Å². The maximum Gasteiger partial charge on any atom is 0.511 e. The summed E-state index contributed by atoms with van der Waals surface area (Å²) >= 11 is 0. The van der Waals surface area contributed by atoms with Crippen LogP contribution < -0.4 is 0 Å². The lowest BCUT2D eigenvalue weighted by Crippen LogP contribution is -2.41. The summed E-state index contributed by atoms with van der Waals surface area (Å²) in [7, 11) is 0. The Morgan fingerprint density at radius 3 is 2.73 bits per heavy atom. The minimum atomic E-state index is -1.65. The largest absolute Gasteiger partial charge is 0.511 e. The zero-order valence-corrected chi connectivity index (χ0v) is 6.11. The summed E-state index contributed by atoms with van der Waals surface area (Å²) in [6.07, 6.45) is -1.70. The van der Waals surface area contributed by atoms with Crippen LogP contribution in [0.25, 0.3) is 0 Å². The Bertz CT molecular complexity index is 168. The van der Waals surface area contributed by atoms with Crippen LogP contribution in [0.15, 0.2) is 0 Å². The fourth-order valence-electron chi connectivity index (χ4n) is 0.922. The molecule has 1 rings (SSSR count). The van der Waals surface area contributed by atoms with Gasteiger partial charge in [0.05, 0.1) is 6.61 Å². The maximum atomic E-state index is 10.5. The van der Waals surface area contributed by atoms with Gasteiger partial charge in [-0.1, -0.05) is 6.92 Å². The van der Waals surface area contributed by atoms with Crippen molar-refractivity contribution >= 4 is 6.16 Å². The van der Waals surface area contributed by atoms with Gasteiger partial charge in [-0.15, -0.1) is 0 Å². The molecule has 0 aromatic carbocycles. The molecule has 1 heterocycles. The molecule has 1 aliphatic heterocycles. The molecule has 5 nitrogen and oxygen atoms in total. The Kier molecular flexibility index (Phi) is 2.01. The number of aliphatic hydroxyl groups excluding tert-OH is 1. The standard InChI is InChI=1S/C6H10O5/c1-2-6(9)4(3-7)10-5(8)11-6/h4,7,9H,2-3H2,1H3. The molecule has 0 aromatic rings. The van der Waals surface area contributed by atoms with Crippen LogP contribution in [0.4, 0.5) is 4.79 Å². The van der Waals surface area contributed by atoms with Crippen molar-refractivity contribution < 1.29 is 24.5 Å². The van der Waals surface area contributed by atoms with E-state index in [9.17, 15) is 9.90 Å². The molecule has 1 fully saturated rings. The van der Waals surface area contributed by atoms with E-state index < -0.39 is 24.7 Å². The monoisotopic (exact) mass is 162 g/mol. The second-order valence-corrected chi connectivity index (χ2v) is 2.34. The lowest BCUT2D eigenvalue weighted by atomic mass is 10.1. The summed E-state index contributed by atoms with van der Waals surface area (Å²) < 4.78 is 8.89. The van der Waals surface area contributed by atoms with Crippen LogP contribution in [0.1, 0.15) is 13.3 Å². The van der Waals surface area contributed by atoms with Crippen LogP contribution in [0.5, 0.6) is 0 Å². The number of hydrogen-bond donors (Lipinski definition) is 2. The van der Waals surface area contributed by atoms with Crippen molar-refractivity contribution in [2.75, 3.05) is 6.61 Å². The first-order chi connectivity index (χ1) is 5.12. The highest BCUT2D eigenvalue weighted by atomic mass is 16.8. The van der Waals surface area contributed by atoms with Crippen LogP contribution in [0, 0.1) is 0 Å². The molecule has 2 atom stereocenters. The first-order valence-electron chi connectivity index (χ1n) is 3.35. The average Bonchev–Trinajstić information content (AvgIpc) is 2.27. The first kappa shape index (κ1) is 8.29. The van der Waals surface area contributed by atoms with Gasteiger partial charge in [0.2, 0.25) is 0 Å². The highest BCUT2D eigenvalue weighted by molar-refractivity contribution is 5.63. The highest BCUT2D eigenvalue weighted by Gasteiger charge is 2.48. The Labute approximate surface area is 63.5 Å². The minimum absolute atomic E-state index is 0.198. The normalized spacial score (nSPS) is 36.6. The van der Waals surface area contributed by atoms with E-state index in [2.05, 4.69) is 9.47 Å². The Balaban J connectivity index is 2.71. The SMILES string of the molecule is CCC1(O)OC(=O)OC1CO. The van der Waals surface area contributed by atoms with Gasteiger partial charge in [-0.3, -0.25) is 0 Å². The summed E-state index contributed by atoms with van der Waals surface area (Å²) in [5.41, 5.74) is 0. The summed E-state index contributed by atoms with van der Waals surface area (Å²) in [4.78, 5) is 10.5. The fourth-order valence-corrected chi connectivity index (χ4v) is 0.922. The van der Waals surface area contributed by atoms with Crippen LogP contribution in [0.2, 0.25) is 0 Å². The minimum Gasteiger partial charge on any atom is -0.421 e. The van der Waals surface area contributed by atoms with Crippen molar-refractivity contribution in [2.24, 2.45) is 0 Å². The average molecular weight is 162 g/mol. The predicted molar refractivity (Wildman–Crippen MR) is 33.7 cm³/mol. The van der Waals surface area contributed by atoms with E-state index in [1.165, 1.54) is 0 Å². The molecule has 0 radical (unpaired) electrons. The van der Waals surface area contributed by atoms with Crippen molar-refractivity contribution in [1.82, 2.24) is 0 Å². The molecule has 2 unspecified atom stereocenters. The number of ether oxygens (including phenoxy) is 2. The van der Waals surface area contributed by atoms with Gasteiger partial charge in [-0.25, -0.2) is 4.79 Å². The van der Waals surface area contributed by atoms with Gasteiger partial charge in [-0.2, -0.15) is 0 Å². The number of carbonyl (C=O) groups is 1. The zero-order chi connectivity index (χ0) is 8.48. The van der Waals surface area contributed by atoms with E-state index >= 15 is 0 Å². The smallest absolute Gasteiger partial charge is 0.421 e. The summed E-state index contributed by atoms with van der Waals surface area (Å²) in [5.74, 6) is -1.65. The number of carbonyl (C=O) groups excluding carboxylic acids is 1. The number of rotatable bonds is 2. The van der Waals surface area contributed by atoms with Crippen molar-refractivity contribution in [3.05, 3.63) is 0 Å². The van der Waals surface area contributed by atoms with Crippen LogP contribution in [-0.4, -0.2) is 34.9 Å².